The maximum absolute atomic E-state index is 13.0. The number of carbonyl (C=O) groups excluding carboxylic acids is 1. The molecule has 1 amide bonds. The van der Waals surface area contributed by atoms with Crippen molar-refractivity contribution in [1.82, 2.24) is 0 Å². The van der Waals surface area contributed by atoms with E-state index in [-0.39, 0.29) is 11.3 Å². The summed E-state index contributed by atoms with van der Waals surface area (Å²) >= 11 is 0. The molecule has 4 saturated carbocycles. The van der Waals surface area contributed by atoms with Crippen molar-refractivity contribution in [1.29, 1.82) is 0 Å². The summed E-state index contributed by atoms with van der Waals surface area (Å²) in [7, 11) is 0. The van der Waals surface area contributed by atoms with E-state index in [0.29, 0.717) is 0 Å². The first-order chi connectivity index (χ1) is 11.4. The van der Waals surface area contributed by atoms with E-state index < -0.39 is 11.9 Å². The highest BCUT2D eigenvalue weighted by atomic mass is 16.4. The van der Waals surface area contributed by atoms with Gasteiger partial charge in [-0.1, -0.05) is 12.1 Å². The Kier molecular flexibility index (Phi) is 3.66. The zero-order valence-electron chi connectivity index (χ0n) is 14.1. The predicted molar refractivity (Wildman–Crippen MR) is 91.7 cm³/mol. The fourth-order valence-electron chi connectivity index (χ4n) is 5.65. The highest BCUT2D eigenvalue weighted by Gasteiger charge is 2.54. The summed E-state index contributed by atoms with van der Waals surface area (Å²) in [6.45, 7) is 1.67. The van der Waals surface area contributed by atoms with Gasteiger partial charge in [-0.05, 0) is 80.9 Å². The summed E-state index contributed by atoms with van der Waals surface area (Å²) in [4.78, 5) is 24.0. The van der Waals surface area contributed by atoms with Crippen LogP contribution in [0.3, 0.4) is 0 Å². The first-order valence-electron chi connectivity index (χ1n) is 9.09. The van der Waals surface area contributed by atoms with E-state index in [4.69, 9.17) is 5.11 Å². The van der Waals surface area contributed by atoms with Crippen LogP contribution in [0.4, 0.5) is 5.69 Å². The smallest absolute Gasteiger partial charge is 0.310 e. The standard InChI is InChI=1S/C20H25NO3/c1-12(18(22)23)16-2-4-17(5-3-16)21-19(24)20-9-13-6-14(10-20)8-15(7-13)11-20/h2-5,12-15H,6-11H2,1H3,(H,21,24)(H,22,23). The normalized spacial score (nSPS) is 34.8. The molecule has 24 heavy (non-hydrogen) atoms. The first-order valence-corrected chi connectivity index (χ1v) is 9.09. The molecule has 4 bridgehead atoms. The molecule has 1 aromatic rings. The minimum Gasteiger partial charge on any atom is -0.481 e. The summed E-state index contributed by atoms with van der Waals surface area (Å²) in [6.07, 6.45) is 7.15. The molecule has 1 aromatic carbocycles. The third kappa shape index (κ3) is 2.62. The molecule has 1 atom stereocenters. The summed E-state index contributed by atoms with van der Waals surface area (Å²) < 4.78 is 0. The monoisotopic (exact) mass is 327 g/mol. The lowest BCUT2D eigenvalue weighted by atomic mass is 9.49. The van der Waals surface area contributed by atoms with Crippen LogP contribution in [0.1, 0.15) is 56.9 Å². The van der Waals surface area contributed by atoms with Crippen LogP contribution in [0, 0.1) is 23.2 Å². The SMILES string of the molecule is CC(C(=O)O)c1ccc(NC(=O)C23CC4CC(CC(C4)C2)C3)cc1. The minimum atomic E-state index is -0.833. The molecule has 5 rings (SSSR count). The summed E-state index contributed by atoms with van der Waals surface area (Å²) in [5.41, 5.74) is 1.38. The van der Waals surface area contributed by atoms with Gasteiger partial charge in [-0.25, -0.2) is 0 Å². The maximum Gasteiger partial charge on any atom is 0.310 e. The Morgan fingerprint density at radius 3 is 2.00 bits per heavy atom. The number of aliphatic carboxylic acids is 1. The lowest BCUT2D eigenvalue weighted by molar-refractivity contribution is -0.140. The molecule has 4 nitrogen and oxygen atoms in total. The molecular weight excluding hydrogens is 302 g/mol. The zero-order chi connectivity index (χ0) is 16.9. The van der Waals surface area contributed by atoms with E-state index in [1.165, 1.54) is 19.3 Å². The molecule has 4 aliphatic rings. The maximum atomic E-state index is 13.0. The Bertz CT molecular complexity index is 629. The zero-order valence-corrected chi connectivity index (χ0v) is 14.1. The number of carboxylic acid groups (broad SMARTS) is 1. The van der Waals surface area contributed by atoms with Gasteiger partial charge in [-0.3, -0.25) is 9.59 Å². The van der Waals surface area contributed by atoms with E-state index >= 15 is 0 Å². The topological polar surface area (TPSA) is 66.4 Å². The van der Waals surface area contributed by atoms with Gasteiger partial charge in [0.15, 0.2) is 0 Å². The average Bonchev–Trinajstić information content (AvgIpc) is 2.53. The van der Waals surface area contributed by atoms with Crippen LogP contribution >= 0.6 is 0 Å². The number of nitrogens with one attached hydrogen (secondary N) is 1. The predicted octanol–water partition coefficient (Wildman–Crippen LogP) is 4.03. The fraction of sp³-hybridized carbons (Fsp3) is 0.600. The molecule has 0 aromatic heterocycles. The van der Waals surface area contributed by atoms with Crippen LogP contribution in [0.15, 0.2) is 24.3 Å². The molecule has 0 radical (unpaired) electrons. The van der Waals surface area contributed by atoms with Crippen molar-refractivity contribution >= 4 is 17.6 Å². The van der Waals surface area contributed by atoms with E-state index in [0.717, 1.165) is 48.3 Å². The number of carbonyl (C=O) groups is 2. The van der Waals surface area contributed by atoms with Gasteiger partial charge in [0.2, 0.25) is 5.91 Å². The van der Waals surface area contributed by atoms with Crippen molar-refractivity contribution in [3.63, 3.8) is 0 Å². The molecule has 0 heterocycles. The number of carboxylic acids is 1. The van der Waals surface area contributed by atoms with Gasteiger partial charge in [-0.2, -0.15) is 0 Å². The average molecular weight is 327 g/mol. The van der Waals surface area contributed by atoms with Gasteiger partial charge in [0.05, 0.1) is 11.3 Å². The second-order valence-corrected chi connectivity index (χ2v) is 8.33. The molecule has 4 heteroatoms. The molecule has 4 aliphatic carbocycles. The third-order valence-corrected chi connectivity index (χ3v) is 6.56. The van der Waals surface area contributed by atoms with Gasteiger partial charge in [0.25, 0.3) is 0 Å². The summed E-state index contributed by atoms with van der Waals surface area (Å²) in [6, 6.07) is 7.25. The third-order valence-electron chi connectivity index (χ3n) is 6.56. The molecular formula is C20H25NO3. The quantitative estimate of drug-likeness (QED) is 0.877. The molecule has 2 N–H and O–H groups in total. The second kappa shape index (κ2) is 5.61. The molecule has 0 spiro atoms. The van der Waals surface area contributed by atoms with Crippen LogP contribution in [-0.4, -0.2) is 17.0 Å². The Labute approximate surface area is 142 Å². The molecule has 4 fully saturated rings. The number of hydrogen-bond donors (Lipinski definition) is 2. The number of benzene rings is 1. The van der Waals surface area contributed by atoms with Gasteiger partial charge in [0.1, 0.15) is 0 Å². The Morgan fingerprint density at radius 1 is 1.04 bits per heavy atom. The van der Waals surface area contributed by atoms with E-state index in [1.807, 2.05) is 12.1 Å². The number of anilines is 1. The van der Waals surface area contributed by atoms with Crippen LogP contribution in [0.25, 0.3) is 0 Å². The fourth-order valence-corrected chi connectivity index (χ4v) is 5.65. The number of amides is 1. The van der Waals surface area contributed by atoms with Crippen LogP contribution in [-0.2, 0) is 9.59 Å². The Morgan fingerprint density at radius 2 is 1.54 bits per heavy atom. The van der Waals surface area contributed by atoms with Crippen molar-refractivity contribution in [3.05, 3.63) is 29.8 Å². The van der Waals surface area contributed by atoms with Gasteiger partial charge in [0, 0.05) is 5.69 Å². The van der Waals surface area contributed by atoms with E-state index in [2.05, 4.69) is 5.32 Å². The van der Waals surface area contributed by atoms with Gasteiger partial charge < -0.3 is 10.4 Å². The summed E-state index contributed by atoms with van der Waals surface area (Å²) in [5.74, 6) is 1.07. The van der Waals surface area contributed by atoms with Gasteiger partial charge in [-0.15, -0.1) is 0 Å². The van der Waals surface area contributed by atoms with Crippen LogP contribution < -0.4 is 5.32 Å². The van der Waals surface area contributed by atoms with E-state index in [1.54, 1.807) is 19.1 Å². The minimum absolute atomic E-state index is 0.151. The van der Waals surface area contributed by atoms with Crippen molar-refractivity contribution in [3.8, 4) is 0 Å². The highest BCUT2D eigenvalue weighted by molar-refractivity contribution is 5.95. The van der Waals surface area contributed by atoms with Gasteiger partial charge >= 0.3 is 5.97 Å². The van der Waals surface area contributed by atoms with Crippen molar-refractivity contribution in [2.45, 2.75) is 51.4 Å². The van der Waals surface area contributed by atoms with Crippen LogP contribution in [0.2, 0.25) is 0 Å². The van der Waals surface area contributed by atoms with Crippen molar-refractivity contribution in [2.75, 3.05) is 5.32 Å². The lowest BCUT2D eigenvalue weighted by Crippen LogP contribution is -2.51. The summed E-state index contributed by atoms with van der Waals surface area (Å²) in [5, 5.41) is 12.2. The molecule has 0 aliphatic heterocycles. The van der Waals surface area contributed by atoms with E-state index in [9.17, 15) is 9.59 Å². The molecule has 1 unspecified atom stereocenters. The Hall–Kier alpha value is -1.84. The highest BCUT2D eigenvalue weighted by Crippen LogP contribution is 2.60. The van der Waals surface area contributed by atoms with Crippen molar-refractivity contribution < 1.29 is 14.7 Å². The largest absolute Gasteiger partial charge is 0.481 e. The molecule has 0 saturated heterocycles. The van der Waals surface area contributed by atoms with Crippen molar-refractivity contribution in [2.24, 2.45) is 23.2 Å². The second-order valence-electron chi connectivity index (χ2n) is 8.33. The molecule has 128 valence electrons. The number of rotatable bonds is 4. The van der Waals surface area contributed by atoms with Crippen LogP contribution in [0.5, 0.6) is 0 Å². The lowest BCUT2D eigenvalue weighted by Gasteiger charge is -2.55. The first kappa shape index (κ1) is 15.7. The number of hydrogen-bond acceptors (Lipinski definition) is 2. The Balaban J connectivity index is 1.47.